The number of nitrogens with zero attached hydrogens (tertiary/aromatic N) is 3. The SMILES string of the molecule is CCC1=C(C)N(C)C(=O)C(CNC(=O)C2=CC(F)C=CC(N(CC)C3CC(C)N(C(=O)OC(C)(C)C)C(C)C3)C2C)C1C. The molecule has 1 N–H and O–H groups in total. The van der Waals surface area contributed by atoms with E-state index in [2.05, 4.69) is 37.9 Å². The van der Waals surface area contributed by atoms with Crippen molar-refractivity contribution >= 4 is 17.9 Å². The summed E-state index contributed by atoms with van der Waals surface area (Å²) in [6.07, 6.45) is 5.52. The van der Waals surface area contributed by atoms with Crippen LogP contribution in [0.15, 0.2) is 35.1 Å². The lowest BCUT2D eigenvalue weighted by Gasteiger charge is -2.48. The molecule has 3 amide bonds. The Morgan fingerprint density at radius 1 is 1.07 bits per heavy atom. The van der Waals surface area contributed by atoms with Gasteiger partial charge < -0.3 is 19.9 Å². The highest BCUT2D eigenvalue weighted by Crippen LogP contribution is 2.35. The van der Waals surface area contributed by atoms with Crippen LogP contribution in [0.25, 0.3) is 0 Å². The molecule has 7 atom stereocenters. The van der Waals surface area contributed by atoms with E-state index in [9.17, 15) is 14.4 Å². The predicted octanol–water partition coefficient (Wildman–Crippen LogP) is 5.85. The second kappa shape index (κ2) is 14.0. The summed E-state index contributed by atoms with van der Waals surface area (Å²) in [5.41, 5.74) is 2.04. The van der Waals surface area contributed by atoms with Crippen LogP contribution in [0.3, 0.4) is 0 Å². The molecular weight excluding hydrogens is 547 g/mol. The Kier molecular flexibility index (Phi) is 11.3. The summed E-state index contributed by atoms with van der Waals surface area (Å²) in [5, 5.41) is 3.00. The smallest absolute Gasteiger partial charge is 0.410 e. The van der Waals surface area contributed by atoms with Crippen molar-refractivity contribution in [1.82, 2.24) is 20.0 Å². The highest BCUT2D eigenvalue weighted by atomic mass is 19.1. The highest BCUT2D eigenvalue weighted by molar-refractivity contribution is 5.95. The maximum Gasteiger partial charge on any atom is 0.410 e. The van der Waals surface area contributed by atoms with E-state index in [-0.39, 0.29) is 66.4 Å². The van der Waals surface area contributed by atoms with E-state index < -0.39 is 11.8 Å². The van der Waals surface area contributed by atoms with Crippen LogP contribution in [0.5, 0.6) is 0 Å². The average molecular weight is 603 g/mol. The summed E-state index contributed by atoms with van der Waals surface area (Å²) in [4.78, 5) is 45.6. The number of ether oxygens (including phenoxy) is 1. The number of likely N-dealkylation sites (N-methyl/N-ethyl adjacent to an activating group) is 1. The molecule has 0 spiro atoms. The van der Waals surface area contributed by atoms with Crippen LogP contribution < -0.4 is 5.32 Å². The fraction of sp³-hybridized carbons (Fsp3) is 0.735. The van der Waals surface area contributed by atoms with Crippen molar-refractivity contribution in [2.45, 2.75) is 124 Å². The molecule has 43 heavy (non-hydrogen) atoms. The highest BCUT2D eigenvalue weighted by Gasteiger charge is 2.42. The molecule has 0 saturated carbocycles. The molecular formula is C34H55FN4O4. The molecule has 0 radical (unpaired) electrons. The number of rotatable bonds is 7. The lowest BCUT2D eigenvalue weighted by molar-refractivity contribution is -0.135. The van der Waals surface area contributed by atoms with Crippen molar-refractivity contribution in [1.29, 1.82) is 0 Å². The quantitative estimate of drug-likeness (QED) is 0.370. The molecule has 1 fully saturated rings. The number of nitrogens with one attached hydrogen (secondary N) is 1. The standard InChI is InChI=1S/C34H55FN4O4/c1-12-27-22(5)29(32(41)37(11)24(27)7)19-36-31(40)28-18-25(35)14-15-30(23(28)6)38(13-2)26-16-20(3)39(21(4)17-26)33(42)43-34(8,9)10/h14-15,18,20-23,25-26,29-30H,12-13,16-17,19H2,1-11H3,(H,36,40). The van der Waals surface area contributed by atoms with E-state index in [4.69, 9.17) is 4.74 Å². The van der Waals surface area contributed by atoms with Crippen LogP contribution in [-0.2, 0) is 14.3 Å². The maximum atomic E-state index is 15.0. The molecule has 8 nitrogen and oxygen atoms in total. The van der Waals surface area contributed by atoms with Gasteiger partial charge in [-0.05, 0) is 91.0 Å². The molecule has 0 aromatic carbocycles. The minimum atomic E-state index is -1.38. The largest absolute Gasteiger partial charge is 0.444 e. The third kappa shape index (κ3) is 7.70. The molecule has 0 aromatic heterocycles. The zero-order chi connectivity index (χ0) is 32.4. The Morgan fingerprint density at radius 2 is 1.67 bits per heavy atom. The second-order valence-corrected chi connectivity index (χ2v) is 13.7. The number of alkyl halides is 1. The van der Waals surface area contributed by atoms with E-state index in [1.807, 2.05) is 52.5 Å². The van der Waals surface area contributed by atoms with E-state index in [0.717, 1.165) is 25.0 Å². The van der Waals surface area contributed by atoms with Gasteiger partial charge in [-0.1, -0.05) is 33.8 Å². The molecule has 1 aliphatic carbocycles. The molecule has 2 aliphatic heterocycles. The number of halogens is 1. The number of hydrogen-bond acceptors (Lipinski definition) is 5. The number of likely N-dealkylation sites (tertiary alicyclic amines) is 1. The van der Waals surface area contributed by atoms with E-state index in [1.165, 1.54) is 17.7 Å². The van der Waals surface area contributed by atoms with Gasteiger partial charge in [-0.2, -0.15) is 0 Å². The molecule has 3 aliphatic rings. The summed E-state index contributed by atoms with van der Waals surface area (Å²) in [7, 11) is 1.78. The van der Waals surface area contributed by atoms with Crippen LogP contribution in [0, 0.1) is 17.8 Å². The van der Waals surface area contributed by atoms with Gasteiger partial charge in [0.1, 0.15) is 11.8 Å². The van der Waals surface area contributed by atoms with Crippen molar-refractivity contribution in [2.75, 3.05) is 20.1 Å². The predicted molar refractivity (Wildman–Crippen MR) is 169 cm³/mol. The van der Waals surface area contributed by atoms with Crippen molar-refractivity contribution in [2.24, 2.45) is 17.8 Å². The van der Waals surface area contributed by atoms with Gasteiger partial charge in [0, 0.05) is 54.9 Å². The van der Waals surface area contributed by atoms with Gasteiger partial charge in [-0.25, -0.2) is 9.18 Å². The van der Waals surface area contributed by atoms with Crippen molar-refractivity contribution < 1.29 is 23.5 Å². The van der Waals surface area contributed by atoms with Gasteiger partial charge in [0.15, 0.2) is 0 Å². The second-order valence-electron chi connectivity index (χ2n) is 13.7. The molecule has 7 unspecified atom stereocenters. The molecule has 9 heteroatoms. The molecule has 242 valence electrons. The first-order valence-electron chi connectivity index (χ1n) is 16.1. The van der Waals surface area contributed by atoms with Gasteiger partial charge in [0.05, 0.1) is 5.92 Å². The first-order chi connectivity index (χ1) is 20.0. The Morgan fingerprint density at radius 3 is 2.21 bits per heavy atom. The van der Waals surface area contributed by atoms with Crippen LogP contribution in [0.2, 0.25) is 0 Å². The van der Waals surface area contributed by atoms with Gasteiger partial charge in [-0.3, -0.25) is 14.5 Å². The van der Waals surface area contributed by atoms with E-state index >= 15 is 4.39 Å². The van der Waals surface area contributed by atoms with Crippen LogP contribution in [0.4, 0.5) is 9.18 Å². The molecule has 3 rings (SSSR count). The number of carbonyl (C=O) groups is 3. The number of amides is 3. The molecule has 0 bridgehead atoms. The minimum absolute atomic E-state index is 0.00794. The lowest BCUT2D eigenvalue weighted by Crippen LogP contribution is -2.58. The van der Waals surface area contributed by atoms with E-state index in [1.54, 1.807) is 11.9 Å². The van der Waals surface area contributed by atoms with Crippen LogP contribution in [-0.4, -0.2) is 88.7 Å². The van der Waals surface area contributed by atoms with Gasteiger partial charge in [0.2, 0.25) is 11.8 Å². The van der Waals surface area contributed by atoms with Gasteiger partial charge in [0.25, 0.3) is 0 Å². The Hall–Kier alpha value is -2.68. The minimum Gasteiger partial charge on any atom is -0.444 e. The first-order valence-corrected chi connectivity index (χ1v) is 16.1. The lowest BCUT2D eigenvalue weighted by atomic mass is 9.80. The summed E-state index contributed by atoms with van der Waals surface area (Å²) < 4.78 is 20.7. The Bertz CT molecular complexity index is 1130. The normalized spacial score (nSPS) is 32.1. The molecule has 2 heterocycles. The van der Waals surface area contributed by atoms with Gasteiger partial charge in [-0.15, -0.1) is 0 Å². The number of carbonyl (C=O) groups excluding carboxylic acids is 3. The summed E-state index contributed by atoms with van der Waals surface area (Å²) in [5.74, 6) is -0.958. The van der Waals surface area contributed by atoms with Crippen molar-refractivity contribution in [3.05, 3.63) is 35.1 Å². The van der Waals surface area contributed by atoms with Gasteiger partial charge >= 0.3 is 6.09 Å². The molecule has 1 saturated heterocycles. The monoisotopic (exact) mass is 602 g/mol. The van der Waals surface area contributed by atoms with E-state index in [0.29, 0.717) is 12.1 Å². The number of hydrogen-bond donors (Lipinski definition) is 1. The fourth-order valence-corrected chi connectivity index (χ4v) is 7.40. The van der Waals surface area contributed by atoms with Crippen molar-refractivity contribution in [3.8, 4) is 0 Å². The Labute approximate surface area is 258 Å². The van der Waals surface area contributed by atoms with Crippen molar-refractivity contribution in [3.63, 3.8) is 0 Å². The zero-order valence-electron chi connectivity index (χ0n) is 28.2. The number of piperidine rings is 1. The summed E-state index contributed by atoms with van der Waals surface area (Å²) in [6, 6.07) is -0.119. The zero-order valence-corrected chi connectivity index (χ0v) is 28.2. The third-order valence-corrected chi connectivity index (χ3v) is 9.73. The molecule has 0 aromatic rings. The third-order valence-electron chi connectivity index (χ3n) is 9.73. The maximum absolute atomic E-state index is 15.0. The van der Waals surface area contributed by atoms with Crippen LogP contribution >= 0.6 is 0 Å². The average Bonchev–Trinajstić information content (AvgIpc) is 3.05. The fourth-order valence-electron chi connectivity index (χ4n) is 7.40. The first kappa shape index (κ1) is 34.8. The summed E-state index contributed by atoms with van der Waals surface area (Å²) >= 11 is 0. The topological polar surface area (TPSA) is 82.2 Å². The number of allylic oxidation sites excluding steroid dienone is 4. The summed E-state index contributed by atoms with van der Waals surface area (Å²) in [6.45, 7) is 20.8. The van der Waals surface area contributed by atoms with Crippen LogP contribution in [0.1, 0.15) is 88.5 Å². The Balaban J connectivity index is 1.76.